The van der Waals surface area contributed by atoms with Crippen molar-refractivity contribution in [3.05, 3.63) is 53.9 Å². The molecule has 1 amide bonds. The average molecular weight is 266 g/mol. The number of aromatic nitrogens is 3. The van der Waals surface area contributed by atoms with Gasteiger partial charge in [-0.2, -0.15) is 5.10 Å². The van der Waals surface area contributed by atoms with Gasteiger partial charge in [-0.25, -0.2) is 0 Å². The number of hydrogen-bond donors (Lipinski definition) is 2. The van der Waals surface area contributed by atoms with Gasteiger partial charge >= 0.3 is 0 Å². The van der Waals surface area contributed by atoms with E-state index in [0.29, 0.717) is 11.4 Å². The summed E-state index contributed by atoms with van der Waals surface area (Å²) in [5.74, 6) is 0.352. The number of nitrogens with one attached hydrogen (secondary N) is 2. The fourth-order valence-electron chi connectivity index (χ4n) is 2.09. The van der Waals surface area contributed by atoms with Crippen LogP contribution in [0.25, 0.3) is 10.9 Å². The van der Waals surface area contributed by atoms with Crippen LogP contribution in [0.3, 0.4) is 0 Å². The number of amides is 1. The van der Waals surface area contributed by atoms with Crippen LogP contribution in [0, 0.1) is 0 Å². The lowest BCUT2D eigenvalue weighted by Gasteiger charge is -2.05. The third kappa shape index (κ3) is 2.25. The van der Waals surface area contributed by atoms with Crippen LogP contribution in [-0.4, -0.2) is 21.1 Å². The van der Waals surface area contributed by atoms with Crippen molar-refractivity contribution in [1.82, 2.24) is 15.2 Å². The first kappa shape index (κ1) is 12.3. The Hall–Kier alpha value is -2.69. The molecular formula is C15H14N4O. The summed E-state index contributed by atoms with van der Waals surface area (Å²) >= 11 is 0. The average Bonchev–Trinajstić information content (AvgIpc) is 2.94. The Bertz CT molecular complexity index is 758. The molecule has 3 rings (SSSR count). The molecule has 0 unspecified atom stereocenters. The molecule has 100 valence electrons. The highest BCUT2D eigenvalue weighted by Crippen LogP contribution is 2.17. The summed E-state index contributed by atoms with van der Waals surface area (Å²) in [5, 5.41) is 10.6. The summed E-state index contributed by atoms with van der Waals surface area (Å²) in [7, 11) is 0. The van der Waals surface area contributed by atoms with Crippen LogP contribution in [0.1, 0.15) is 23.0 Å². The lowest BCUT2D eigenvalue weighted by Crippen LogP contribution is -2.12. The van der Waals surface area contributed by atoms with E-state index >= 15 is 0 Å². The molecule has 2 heterocycles. The van der Waals surface area contributed by atoms with E-state index in [9.17, 15) is 4.79 Å². The standard InChI is InChI=1S/C15H14N4O/c1-2-10-9-14(19-18-10)17-15(20)12-5-3-7-13-11(12)6-4-8-16-13/h3-9H,2H2,1H3,(H2,17,18,19,20). The van der Waals surface area contributed by atoms with Gasteiger partial charge in [0.1, 0.15) is 0 Å². The van der Waals surface area contributed by atoms with Gasteiger partial charge in [-0.15, -0.1) is 0 Å². The maximum Gasteiger partial charge on any atom is 0.257 e. The summed E-state index contributed by atoms with van der Waals surface area (Å²) in [6.07, 6.45) is 2.56. The molecule has 1 aromatic carbocycles. The van der Waals surface area contributed by atoms with Crippen molar-refractivity contribution in [1.29, 1.82) is 0 Å². The summed E-state index contributed by atoms with van der Waals surface area (Å²) in [6.45, 7) is 2.02. The molecule has 0 aliphatic carbocycles. The van der Waals surface area contributed by atoms with Gasteiger partial charge in [0.05, 0.1) is 5.52 Å². The molecule has 0 radical (unpaired) electrons. The van der Waals surface area contributed by atoms with Gasteiger partial charge in [-0.1, -0.05) is 19.1 Å². The molecular weight excluding hydrogens is 252 g/mol. The zero-order chi connectivity index (χ0) is 13.9. The predicted molar refractivity (Wildman–Crippen MR) is 77.7 cm³/mol. The van der Waals surface area contributed by atoms with Crippen molar-refractivity contribution >= 4 is 22.6 Å². The van der Waals surface area contributed by atoms with E-state index in [2.05, 4.69) is 20.5 Å². The smallest absolute Gasteiger partial charge is 0.257 e. The number of H-pyrrole nitrogens is 1. The molecule has 20 heavy (non-hydrogen) atoms. The highest BCUT2D eigenvalue weighted by atomic mass is 16.1. The second kappa shape index (κ2) is 5.13. The van der Waals surface area contributed by atoms with Crippen LogP contribution in [0.15, 0.2) is 42.6 Å². The number of pyridine rings is 1. The second-order valence-electron chi connectivity index (χ2n) is 4.46. The first-order valence-electron chi connectivity index (χ1n) is 6.47. The molecule has 0 spiro atoms. The first-order chi connectivity index (χ1) is 9.78. The van der Waals surface area contributed by atoms with Gasteiger partial charge < -0.3 is 5.32 Å². The molecule has 0 aliphatic rings. The van der Waals surface area contributed by atoms with Crippen molar-refractivity contribution < 1.29 is 4.79 Å². The fourth-order valence-corrected chi connectivity index (χ4v) is 2.09. The van der Waals surface area contributed by atoms with Crippen LogP contribution in [0.4, 0.5) is 5.82 Å². The Morgan fingerprint density at radius 2 is 2.20 bits per heavy atom. The van der Waals surface area contributed by atoms with Crippen LogP contribution in [-0.2, 0) is 6.42 Å². The highest BCUT2D eigenvalue weighted by molar-refractivity contribution is 6.12. The Labute approximate surface area is 116 Å². The van der Waals surface area contributed by atoms with E-state index in [1.165, 1.54) is 0 Å². The minimum absolute atomic E-state index is 0.183. The summed E-state index contributed by atoms with van der Waals surface area (Å²) in [5.41, 5.74) is 2.38. The Kier molecular flexibility index (Phi) is 3.16. The van der Waals surface area contributed by atoms with E-state index in [1.54, 1.807) is 12.3 Å². The van der Waals surface area contributed by atoms with E-state index in [-0.39, 0.29) is 5.91 Å². The normalized spacial score (nSPS) is 10.7. The lowest BCUT2D eigenvalue weighted by molar-refractivity contribution is 0.102. The van der Waals surface area contributed by atoms with Gasteiger partial charge in [0.25, 0.3) is 5.91 Å². The van der Waals surface area contributed by atoms with E-state index in [4.69, 9.17) is 0 Å². The quantitative estimate of drug-likeness (QED) is 0.765. The lowest BCUT2D eigenvalue weighted by atomic mass is 10.1. The molecule has 0 saturated heterocycles. The van der Waals surface area contributed by atoms with Crippen molar-refractivity contribution in [2.75, 3.05) is 5.32 Å². The summed E-state index contributed by atoms with van der Waals surface area (Å²) in [4.78, 5) is 16.6. The minimum atomic E-state index is -0.183. The number of rotatable bonds is 3. The molecule has 0 saturated carbocycles. The monoisotopic (exact) mass is 266 g/mol. The molecule has 2 N–H and O–H groups in total. The number of aromatic amines is 1. The zero-order valence-electron chi connectivity index (χ0n) is 11.1. The zero-order valence-corrected chi connectivity index (χ0v) is 11.1. The van der Waals surface area contributed by atoms with Gasteiger partial charge in [-0.3, -0.25) is 14.9 Å². The Morgan fingerprint density at radius 1 is 1.30 bits per heavy atom. The molecule has 5 nitrogen and oxygen atoms in total. The van der Waals surface area contributed by atoms with E-state index < -0.39 is 0 Å². The predicted octanol–water partition coefficient (Wildman–Crippen LogP) is 2.77. The second-order valence-corrected chi connectivity index (χ2v) is 4.46. The number of fused-ring (bicyclic) bond motifs is 1. The van der Waals surface area contributed by atoms with Crippen LogP contribution in [0.2, 0.25) is 0 Å². The third-order valence-corrected chi connectivity index (χ3v) is 3.14. The van der Waals surface area contributed by atoms with Crippen molar-refractivity contribution in [3.8, 4) is 0 Å². The highest BCUT2D eigenvalue weighted by Gasteiger charge is 2.11. The number of carbonyl (C=O) groups is 1. The van der Waals surface area contributed by atoms with Gasteiger partial charge in [0.2, 0.25) is 0 Å². The minimum Gasteiger partial charge on any atom is -0.305 e. The number of benzene rings is 1. The van der Waals surface area contributed by atoms with Crippen molar-refractivity contribution in [2.45, 2.75) is 13.3 Å². The van der Waals surface area contributed by atoms with Crippen molar-refractivity contribution in [3.63, 3.8) is 0 Å². The van der Waals surface area contributed by atoms with Crippen molar-refractivity contribution in [2.24, 2.45) is 0 Å². The number of aryl methyl sites for hydroxylation is 1. The van der Waals surface area contributed by atoms with Crippen LogP contribution in [0.5, 0.6) is 0 Å². The number of hydrogen-bond acceptors (Lipinski definition) is 3. The Morgan fingerprint density at radius 3 is 3.00 bits per heavy atom. The largest absolute Gasteiger partial charge is 0.305 e. The molecule has 0 fully saturated rings. The van der Waals surface area contributed by atoms with Gasteiger partial charge in [-0.05, 0) is 24.6 Å². The van der Waals surface area contributed by atoms with Gasteiger partial charge in [0.15, 0.2) is 5.82 Å². The summed E-state index contributed by atoms with van der Waals surface area (Å²) < 4.78 is 0. The molecule has 0 atom stereocenters. The third-order valence-electron chi connectivity index (χ3n) is 3.14. The maximum atomic E-state index is 12.3. The topological polar surface area (TPSA) is 70.7 Å². The fraction of sp³-hybridized carbons (Fsp3) is 0.133. The molecule has 3 aromatic rings. The van der Waals surface area contributed by atoms with Gasteiger partial charge in [0, 0.05) is 28.9 Å². The van der Waals surface area contributed by atoms with Crippen LogP contribution < -0.4 is 5.32 Å². The molecule has 0 aliphatic heterocycles. The van der Waals surface area contributed by atoms with Crippen LogP contribution >= 0.6 is 0 Å². The van der Waals surface area contributed by atoms with E-state index in [1.807, 2.05) is 37.3 Å². The molecule has 0 bridgehead atoms. The SMILES string of the molecule is CCc1cc(NC(=O)c2cccc3ncccc23)n[nH]1. The molecule has 2 aromatic heterocycles. The number of anilines is 1. The number of carbonyl (C=O) groups excluding carboxylic acids is 1. The Balaban J connectivity index is 1.92. The molecule has 5 heteroatoms. The number of nitrogens with zero attached hydrogens (tertiary/aromatic N) is 2. The van der Waals surface area contributed by atoms with E-state index in [0.717, 1.165) is 23.0 Å². The first-order valence-corrected chi connectivity index (χ1v) is 6.47. The maximum absolute atomic E-state index is 12.3. The summed E-state index contributed by atoms with van der Waals surface area (Å²) in [6, 6.07) is 11.0.